The molecule has 0 atom stereocenters. The molecular weight excluding hydrogens is 380 g/mol. The average Bonchev–Trinajstić information content (AvgIpc) is 2.47. The van der Waals surface area contributed by atoms with Crippen LogP contribution in [0.3, 0.4) is 0 Å². The number of nitrogens with one attached hydrogen (secondary N) is 1. The predicted octanol–water partition coefficient (Wildman–Crippen LogP) is 4.40. The van der Waals surface area contributed by atoms with E-state index in [1.165, 1.54) is 11.8 Å². The molecule has 0 aliphatic carbocycles. The third kappa shape index (κ3) is 4.81. The fraction of sp³-hybridized carbons (Fsp3) is 0.176. The highest BCUT2D eigenvalue weighted by molar-refractivity contribution is 9.10. The van der Waals surface area contributed by atoms with E-state index in [-0.39, 0.29) is 18.4 Å². The summed E-state index contributed by atoms with van der Waals surface area (Å²) < 4.78 is 0.942. The molecule has 2 aromatic carbocycles. The Balaban J connectivity index is 2.14. The maximum Gasteiger partial charge on any atom is 0.244 e. The molecule has 0 saturated heterocycles. The van der Waals surface area contributed by atoms with Crippen molar-refractivity contribution < 1.29 is 9.59 Å². The molecule has 0 aliphatic rings. The minimum Gasteiger partial charge on any atom is -0.324 e. The van der Waals surface area contributed by atoms with Crippen molar-refractivity contribution in [1.82, 2.24) is 0 Å². The Morgan fingerprint density at radius 3 is 2.57 bits per heavy atom. The van der Waals surface area contributed by atoms with Gasteiger partial charge in [-0.1, -0.05) is 33.6 Å². The first-order chi connectivity index (χ1) is 10.9. The topological polar surface area (TPSA) is 49.4 Å². The number of carbonyl (C=O) groups is 2. The third-order valence-electron chi connectivity index (χ3n) is 3.26. The Morgan fingerprint density at radius 1 is 1.22 bits per heavy atom. The molecule has 4 nitrogen and oxygen atoms in total. The lowest BCUT2D eigenvalue weighted by atomic mass is 10.2. The molecule has 0 saturated carbocycles. The van der Waals surface area contributed by atoms with Gasteiger partial charge in [-0.3, -0.25) is 9.59 Å². The Morgan fingerprint density at radius 2 is 1.96 bits per heavy atom. The first kappa shape index (κ1) is 17.5. The molecule has 120 valence electrons. The maximum absolute atomic E-state index is 12.3. The van der Waals surface area contributed by atoms with Gasteiger partial charge in [0.25, 0.3) is 0 Å². The zero-order valence-corrected chi connectivity index (χ0v) is 15.1. The van der Waals surface area contributed by atoms with Gasteiger partial charge in [0.2, 0.25) is 11.8 Å². The molecule has 0 heterocycles. The van der Waals surface area contributed by atoms with E-state index in [0.717, 1.165) is 10.0 Å². The summed E-state index contributed by atoms with van der Waals surface area (Å²) in [6.07, 6.45) is 0. The molecule has 0 spiro atoms. The number of anilines is 2. The molecule has 1 N–H and O–H groups in total. The highest BCUT2D eigenvalue weighted by Crippen LogP contribution is 2.22. The van der Waals surface area contributed by atoms with Gasteiger partial charge in [0.1, 0.15) is 6.54 Å². The second-order valence-electron chi connectivity index (χ2n) is 5.09. The summed E-state index contributed by atoms with van der Waals surface area (Å²) in [4.78, 5) is 25.5. The molecule has 2 rings (SSSR count). The van der Waals surface area contributed by atoms with Gasteiger partial charge in [0.05, 0.1) is 0 Å². The monoisotopic (exact) mass is 394 g/mol. The van der Waals surface area contributed by atoms with Crippen LogP contribution in [0.1, 0.15) is 12.5 Å². The van der Waals surface area contributed by atoms with E-state index in [2.05, 4.69) is 21.2 Å². The zero-order valence-electron chi connectivity index (χ0n) is 12.8. The molecule has 0 aromatic heterocycles. The normalized spacial score (nSPS) is 10.3. The summed E-state index contributed by atoms with van der Waals surface area (Å²) in [5.41, 5.74) is 2.24. The summed E-state index contributed by atoms with van der Waals surface area (Å²) in [5.74, 6) is -0.499. The van der Waals surface area contributed by atoms with E-state index in [9.17, 15) is 9.59 Å². The van der Waals surface area contributed by atoms with E-state index in [1.807, 2.05) is 25.1 Å². The van der Waals surface area contributed by atoms with Gasteiger partial charge in [0.15, 0.2) is 0 Å². The van der Waals surface area contributed by atoms with E-state index < -0.39 is 0 Å². The van der Waals surface area contributed by atoms with Gasteiger partial charge in [-0.2, -0.15) is 0 Å². The highest BCUT2D eigenvalue weighted by Gasteiger charge is 2.16. The van der Waals surface area contributed by atoms with Crippen LogP contribution in [-0.2, 0) is 9.59 Å². The molecule has 6 heteroatoms. The van der Waals surface area contributed by atoms with Crippen LogP contribution in [-0.4, -0.2) is 18.4 Å². The molecule has 0 fully saturated rings. The Bertz CT molecular complexity index is 749. The zero-order chi connectivity index (χ0) is 17.0. The van der Waals surface area contributed by atoms with Crippen LogP contribution in [0.25, 0.3) is 0 Å². The van der Waals surface area contributed by atoms with Crippen LogP contribution in [0.15, 0.2) is 46.9 Å². The summed E-state index contributed by atoms with van der Waals surface area (Å²) in [6.45, 7) is 3.24. The van der Waals surface area contributed by atoms with Gasteiger partial charge in [0, 0.05) is 27.8 Å². The van der Waals surface area contributed by atoms with Crippen molar-refractivity contribution in [2.45, 2.75) is 13.8 Å². The second kappa shape index (κ2) is 7.62. The third-order valence-corrected chi connectivity index (χ3v) is 3.99. The summed E-state index contributed by atoms with van der Waals surface area (Å²) in [7, 11) is 0. The molecule has 23 heavy (non-hydrogen) atoms. The van der Waals surface area contributed by atoms with E-state index in [1.54, 1.807) is 24.3 Å². The van der Waals surface area contributed by atoms with Gasteiger partial charge >= 0.3 is 0 Å². The molecule has 0 unspecified atom stereocenters. The largest absolute Gasteiger partial charge is 0.324 e. The van der Waals surface area contributed by atoms with Gasteiger partial charge < -0.3 is 10.2 Å². The number of aryl methyl sites for hydroxylation is 1. The van der Waals surface area contributed by atoms with Crippen molar-refractivity contribution in [3.05, 3.63) is 57.5 Å². The van der Waals surface area contributed by atoms with E-state index >= 15 is 0 Å². The van der Waals surface area contributed by atoms with Crippen molar-refractivity contribution in [2.24, 2.45) is 0 Å². The number of benzene rings is 2. The number of carbonyl (C=O) groups excluding carboxylic acids is 2. The van der Waals surface area contributed by atoms with E-state index in [0.29, 0.717) is 16.4 Å². The molecule has 2 amide bonds. The smallest absolute Gasteiger partial charge is 0.244 e. The molecule has 0 radical (unpaired) electrons. The summed E-state index contributed by atoms with van der Waals surface area (Å²) >= 11 is 9.33. The van der Waals surface area contributed by atoms with Crippen LogP contribution in [0.4, 0.5) is 11.4 Å². The number of nitrogens with zero attached hydrogens (tertiary/aromatic N) is 1. The van der Waals surface area contributed by atoms with Crippen molar-refractivity contribution in [2.75, 3.05) is 16.8 Å². The molecule has 2 aromatic rings. The highest BCUT2D eigenvalue weighted by atomic mass is 79.9. The van der Waals surface area contributed by atoms with Gasteiger partial charge in [-0.05, 0) is 48.9 Å². The first-order valence-corrected chi connectivity index (χ1v) is 8.13. The number of halogens is 2. The number of rotatable bonds is 4. The number of hydrogen-bond acceptors (Lipinski definition) is 2. The van der Waals surface area contributed by atoms with Gasteiger partial charge in [-0.15, -0.1) is 0 Å². The lowest BCUT2D eigenvalue weighted by Gasteiger charge is -2.21. The lowest BCUT2D eigenvalue weighted by Crippen LogP contribution is -2.36. The fourth-order valence-corrected chi connectivity index (χ4v) is 2.79. The SMILES string of the molecule is CC(=O)N(CC(=O)Nc1ccc(Br)cc1C)c1cccc(Cl)c1. The van der Waals surface area contributed by atoms with Crippen molar-refractivity contribution in [3.63, 3.8) is 0 Å². The van der Waals surface area contributed by atoms with Gasteiger partial charge in [-0.25, -0.2) is 0 Å². The number of amides is 2. The van der Waals surface area contributed by atoms with Crippen molar-refractivity contribution in [3.8, 4) is 0 Å². The first-order valence-electron chi connectivity index (χ1n) is 6.96. The van der Waals surface area contributed by atoms with Crippen LogP contribution in [0.2, 0.25) is 5.02 Å². The minimum atomic E-state index is -0.273. The quantitative estimate of drug-likeness (QED) is 0.834. The standard InChI is InChI=1S/C17H16BrClN2O2/c1-11-8-13(18)6-7-16(11)20-17(23)10-21(12(2)22)15-5-3-4-14(19)9-15/h3-9H,10H2,1-2H3,(H,20,23). The fourth-order valence-electron chi connectivity index (χ4n) is 2.13. The Labute approximate surface area is 148 Å². The van der Waals surface area contributed by atoms with Crippen LogP contribution in [0.5, 0.6) is 0 Å². The maximum atomic E-state index is 12.3. The van der Waals surface area contributed by atoms with Crippen LogP contribution in [0, 0.1) is 6.92 Å². The molecule has 0 bridgehead atoms. The molecular formula is C17H16BrClN2O2. The van der Waals surface area contributed by atoms with Crippen LogP contribution >= 0.6 is 27.5 Å². The van der Waals surface area contributed by atoms with Crippen LogP contribution < -0.4 is 10.2 Å². The Kier molecular flexibility index (Phi) is 5.80. The molecule has 0 aliphatic heterocycles. The minimum absolute atomic E-state index is 0.0782. The number of hydrogen-bond donors (Lipinski definition) is 1. The average molecular weight is 396 g/mol. The Hall–Kier alpha value is -1.85. The second-order valence-corrected chi connectivity index (χ2v) is 6.44. The van der Waals surface area contributed by atoms with E-state index in [4.69, 9.17) is 11.6 Å². The predicted molar refractivity (Wildman–Crippen MR) is 97.0 cm³/mol. The van der Waals surface area contributed by atoms with Crippen molar-refractivity contribution in [1.29, 1.82) is 0 Å². The lowest BCUT2D eigenvalue weighted by molar-refractivity contribution is -0.120. The van der Waals surface area contributed by atoms with Crippen molar-refractivity contribution >= 4 is 50.7 Å². The summed E-state index contributed by atoms with van der Waals surface area (Å²) in [5, 5.41) is 3.33. The summed E-state index contributed by atoms with van der Waals surface area (Å²) in [6, 6.07) is 12.4.